The van der Waals surface area contributed by atoms with E-state index in [9.17, 15) is 9.59 Å². The van der Waals surface area contributed by atoms with Crippen molar-refractivity contribution in [2.45, 2.75) is 33.6 Å². The van der Waals surface area contributed by atoms with Gasteiger partial charge in [-0.15, -0.1) is 0 Å². The van der Waals surface area contributed by atoms with Gasteiger partial charge in [-0.2, -0.15) is 0 Å². The van der Waals surface area contributed by atoms with Gasteiger partial charge in [-0.1, -0.05) is 32.0 Å². The van der Waals surface area contributed by atoms with Gasteiger partial charge in [0.25, 0.3) is 0 Å². The molecule has 1 aromatic carbocycles. The molecular weight excluding hydrogens is 272 g/mol. The van der Waals surface area contributed by atoms with Crippen LogP contribution in [0.1, 0.15) is 39.2 Å². The summed E-state index contributed by atoms with van der Waals surface area (Å²) in [6.45, 7) is 7.83. The molecule has 116 valence electrons. The molecule has 5 heteroatoms. The molecule has 0 heterocycles. The third-order valence-electron chi connectivity index (χ3n) is 2.92. The van der Waals surface area contributed by atoms with Crippen LogP contribution in [0.4, 0.5) is 4.79 Å². The van der Waals surface area contributed by atoms with E-state index in [2.05, 4.69) is 0 Å². The van der Waals surface area contributed by atoms with E-state index in [0.29, 0.717) is 17.9 Å². The second-order valence-electron chi connectivity index (χ2n) is 4.80. The van der Waals surface area contributed by atoms with Crippen molar-refractivity contribution in [2.75, 3.05) is 13.2 Å². The zero-order valence-corrected chi connectivity index (χ0v) is 12.9. The van der Waals surface area contributed by atoms with Crippen LogP contribution >= 0.6 is 0 Å². The monoisotopic (exact) mass is 294 g/mol. The SMILES string of the molecule is CCOC(=O)Oc1ccccc1C(C(=O)OCC)C(C)C. The number of hydrogen-bond acceptors (Lipinski definition) is 5. The fourth-order valence-corrected chi connectivity index (χ4v) is 2.06. The third-order valence-corrected chi connectivity index (χ3v) is 2.92. The van der Waals surface area contributed by atoms with E-state index in [1.165, 1.54) is 0 Å². The highest BCUT2D eigenvalue weighted by Gasteiger charge is 2.29. The number of ether oxygens (including phenoxy) is 3. The summed E-state index contributed by atoms with van der Waals surface area (Å²) in [6, 6.07) is 6.93. The molecule has 0 aliphatic carbocycles. The van der Waals surface area contributed by atoms with Crippen LogP contribution < -0.4 is 4.74 Å². The van der Waals surface area contributed by atoms with Crippen molar-refractivity contribution in [1.82, 2.24) is 0 Å². The molecule has 0 amide bonds. The molecule has 1 aromatic rings. The van der Waals surface area contributed by atoms with Crippen LogP contribution in [0, 0.1) is 5.92 Å². The Morgan fingerprint density at radius 2 is 1.67 bits per heavy atom. The molecular formula is C16H22O5. The first-order valence-corrected chi connectivity index (χ1v) is 7.11. The second-order valence-corrected chi connectivity index (χ2v) is 4.80. The minimum Gasteiger partial charge on any atom is -0.466 e. The Kier molecular flexibility index (Phi) is 6.72. The van der Waals surface area contributed by atoms with Crippen molar-refractivity contribution in [3.63, 3.8) is 0 Å². The van der Waals surface area contributed by atoms with E-state index in [-0.39, 0.29) is 18.5 Å². The van der Waals surface area contributed by atoms with E-state index in [0.717, 1.165) is 0 Å². The summed E-state index contributed by atoms with van der Waals surface area (Å²) in [4.78, 5) is 23.6. The maximum Gasteiger partial charge on any atom is 0.513 e. The molecule has 0 bridgehead atoms. The van der Waals surface area contributed by atoms with Crippen LogP contribution in [-0.2, 0) is 14.3 Å². The van der Waals surface area contributed by atoms with Gasteiger partial charge in [0, 0.05) is 5.56 Å². The predicted octanol–water partition coefficient (Wildman–Crippen LogP) is 3.52. The largest absolute Gasteiger partial charge is 0.513 e. The van der Waals surface area contributed by atoms with Crippen LogP contribution in [0.2, 0.25) is 0 Å². The minimum absolute atomic E-state index is 0.0102. The van der Waals surface area contributed by atoms with Gasteiger partial charge in [-0.05, 0) is 25.8 Å². The first-order chi connectivity index (χ1) is 10.0. The Morgan fingerprint density at radius 1 is 1.05 bits per heavy atom. The van der Waals surface area contributed by atoms with Gasteiger partial charge in [0.15, 0.2) is 0 Å². The fraction of sp³-hybridized carbons (Fsp3) is 0.500. The van der Waals surface area contributed by atoms with Crippen molar-refractivity contribution >= 4 is 12.1 Å². The van der Waals surface area contributed by atoms with Crippen LogP contribution in [0.5, 0.6) is 5.75 Å². The number of carbonyl (C=O) groups is 2. The van der Waals surface area contributed by atoms with E-state index >= 15 is 0 Å². The first kappa shape index (κ1) is 17.0. The van der Waals surface area contributed by atoms with Crippen molar-refractivity contribution in [3.05, 3.63) is 29.8 Å². The zero-order chi connectivity index (χ0) is 15.8. The topological polar surface area (TPSA) is 61.8 Å². The lowest BCUT2D eigenvalue weighted by Crippen LogP contribution is -2.22. The Bertz CT molecular complexity index is 481. The molecule has 0 saturated carbocycles. The van der Waals surface area contributed by atoms with Crippen LogP contribution in [0.3, 0.4) is 0 Å². The van der Waals surface area contributed by atoms with Crippen molar-refractivity contribution in [3.8, 4) is 5.75 Å². The van der Waals surface area contributed by atoms with Gasteiger partial charge in [0.05, 0.1) is 19.1 Å². The molecule has 1 unspecified atom stereocenters. The van der Waals surface area contributed by atoms with Crippen molar-refractivity contribution in [2.24, 2.45) is 5.92 Å². The van der Waals surface area contributed by atoms with Crippen LogP contribution in [0.25, 0.3) is 0 Å². The average Bonchev–Trinajstić information content (AvgIpc) is 2.41. The van der Waals surface area contributed by atoms with Crippen molar-refractivity contribution in [1.29, 1.82) is 0 Å². The Hall–Kier alpha value is -2.04. The summed E-state index contributed by atoms with van der Waals surface area (Å²) in [5.74, 6) is -0.485. The zero-order valence-electron chi connectivity index (χ0n) is 12.9. The fourth-order valence-electron chi connectivity index (χ4n) is 2.06. The smallest absolute Gasteiger partial charge is 0.466 e. The van der Waals surface area contributed by atoms with Crippen LogP contribution in [-0.4, -0.2) is 25.3 Å². The van der Waals surface area contributed by atoms with Gasteiger partial charge < -0.3 is 14.2 Å². The molecule has 0 aliphatic rings. The lowest BCUT2D eigenvalue weighted by Gasteiger charge is -2.21. The summed E-state index contributed by atoms with van der Waals surface area (Å²) in [7, 11) is 0. The van der Waals surface area contributed by atoms with Gasteiger partial charge in [0.2, 0.25) is 0 Å². The Labute approximate surface area is 125 Å². The highest BCUT2D eigenvalue weighted by molar-refractivity contribution is 5.80. The average molecular weight is 294 g/mol. The summed E-state index contributed by atoms with van der Waals surface area (Å²) in [5, 5.41) is 0. The lowest BCUT2D eigenvalue weighted by molar-refractivity contribution is -0.146. The van der Waals surface area contributed by atoms with E-state index < -0.39 is 12.1 Å². The van der Waals surface area contributed by atoms with Gasteiger partial charge in [-0.25, -0.2) is 4.79 Å². The maximum atomic E-state index is 12.2. The molecule has 0 spiro atoms. The highest BCUT2D eigenvalue weighted by atomic mass is 16.7. The number of para-hydroxylation sites is 1. The molecule has 0 aromatic heterocycles. The number of rotatable bonds is 6. The minimum atomic E-state index is -0.781. The molecule has 0 radical (unpaired) electrons. The Morgan fingerprint density at radius 3 is 2.24 bits per heavy atom. The molecule has 1 atom stereocenters. The first-order valence-electron chi connectivity index (χ1n) is 7.11. The summed E-state index contributed by atoms with van der Waals surface area (Å²) in [6.07, 6.45) is -0.781. The molecule has 0 aliphatic heterocycles. The third kappa shape index (κ3) is 4.77. The van der Waals surface area contributed by atoms with Crippen molar-refractivity contribution < 1.29 is 23.8 Å². The molecule has 0 fully saturated rings. The number of carbonyl (C=O) groups excluding carboxylic acids is 2. The van der Waals surface area contributed by atoms with E-state index in [4.69, 9.17) is 14.2 Å². The standard InChI is InChI=1S/C16H22O5/c1-5-19-15(17)14(11(3)4)12-9-7-8-10-13(12)21-16(18)20-6-2/h7-11,14H,5-6H2,1-4H3. The van der Waals surface area contributed by atoms with Gasteiger partial charge in [-0.3, -0.25) is 4.79 Å². The maximum absolute atomic E-state index is 12.2. The lowest BCUT2D eigenvalue weighted by atomic mass is 9.88. The molecule has 21 heavy (non-hydrogen) atoms. The van der Waals surface area contributed by atoms with E-state index in [1.807, 2.05) is 13.8 Å². The molecule has 1 rings (SSSR count). The number of hydrogen-bond donors (Lipinski definition) is 0. The number of benzene rings is 1. The summed E-state index contributed by atoms with van der Waals surface area (Å²) < 4.78 is 15.1. The number of esters is 1. The van der Waals surface area contributed by atoms with E-state index in [1.54, 1.807) is 38.1 Å². The molecule has 0 N–H and O–H groups in total. The highest BCUT2D eigenvalue weighted by Crippen LogP contribution is 2.33. The van der Waals surface area contributed by atoms with Gasteiger partial charge >= 0.3 is 12.1 Å². The predicted molar refractivity (Wildman–Crippen MR) is 78.3 cm³/mol. The summed E-state index contributed by atoms with van der Waals surface area (Å²) >= 11 is 0. The molecule has 5 nitrogen and oxygen atoms in total. The van der Waals surface area contributed by atoms with Gasteiger partial charge in [0.1, 0.15) is 5.75 Å². The van der Waals surface area contributed by atoms with Crippen LogP contribution in [0.15, 0.2) is 24.3 Å². The normalized spacial score (nSPS) is 11.9. The quantitative estimate of drug-likeness (QED) is 0.593. The Balaban J connectivity index is 3.08. The second kappa shape index (κ2) is 8.29. The molecule has 0 saturated heterocycles. The summed E-state index contributed by atoms with van der Waals surface area (Å²) in [5.41, 5.74) is 0.624.